The maximum absolute atomic E-state index is 12.1. The second-order valence-electron chi connectivity index (χ2n) is 5.61. The van der Waals surface area contributed by atoms with Crippen molar-refractivity contribution in [3.8, 4) is 5.75 Å². The number of carbonyl (C=O) groups is 1. The minimum atomic E-state index is -0.0225. The van der Waals surface area contributed by atoms with E-state index < -0.39 is 0 Å². The zero-order valence-corrected chi connectivity index (χ0v) is 14.0. The Kier molecular flexibility index (Phi) is 4.81. The lowest BCUT2D eigenvalue weighted by Crippen LogP contribution is -2.43. The maximum atomic E-state index is 12.1. The monoisotopic (exact) mass is 329 g/mol. The van der Waals surface area contributed by atoms with Gasteiger partial charge >= 0.3 is 0 Å². The zero-order valence-electron chi connectivity index (χ0n) is 13.2. The molecular formula is C17H19N3O2S. The zero-order chi connectivity index (χ0) is 16.2. The molecule has 1 aliphatic heterocycles. The second-order valence-corrected chi connectivity index (χ2v) is 6.55. The van der Waals surface area contributed by atoms with Crippen molar-refractivity contribution in [2.45, 2.75) is 31.5 Å². The van der Waals surface area contributed by atoms with Gasteiger partial charge in [-0.05, 0) is 38.0 Å². The van der Waals surface area contributed by atoms with E-state index in [-0.39, 0.29) is 11.9 Å². The summed E-state index contributed by atoms with van der Waals surface area (Å²) in [6, 6.07) is 9.86. The number of nitrogens with one attached hydrogen (secondary N) is 1. The van der Waals surface area contributed by atoms with Crippen molar-refractivity contribution in [3.05, 3.63) is 47.3 Å². The van der Waals surface area contributed by atoms with Gasteiger partial charge < -0.3 is 10.1 Å². The number of ether oxygens (including phenoxy) is 1. The fourth-order valence-electron chi connectivity index (χ4n) is 2.58. The number of hydrogen-bond donors (Lipinski definition) is 1. The van der Waals surface area contributed by atoms with Crippen LogP contribution in [0.1, 0.15) is 17.0 Å². The van der Waals surface area contributed by atoms with Gasteiger partial charge in [-0.15, -0.1) is 0 Å². The molecule has 1 aromatic heterocycles. The molecule has 0 aliphatic carbocycles. The van der Waals surface area contributed by atoms with Crippen LogP contribution in [0, 0.1) is 13.8 Å². The topological polar surface area (TPSA) is 64.1 Å². The van der Waals surface area contributed by atoms with Crippen LogP contribution < -0.4 is 10.1 Å². The first-order chi connectivity index (χ1) is 11.1. The van der Waals surface area contributed by atoms with E-state index in [9.17, 15) is 4.79 Å². The van der Waals surface area contributed by atoms with Crippen molar-refractivity contribution >= 4 is 17.7 Å². The van der Waals surface area contributed by atoms with Gasteiger partial charge in [-0.1, -0.05) is 30.0 Å². The van der Waals surface area contributed by atoms with Crippen molar-refractivity contribution in [1.29, 1.82) is 0 Å². The van der Waals surface area contributed by atoms with Gasteiger partial charge in [0.1, 0.15) is 12.4 Å². The van der Waals surface area contributed by atoms with Gasteiger partial charge in [0.05, 0.1) is 11.8 Å². The average Bonchev–Trinajstić information content (AvgIpc) is 2.52. The standard InChI is InChI=1S/C17H19N3O2S/c1-11-7-12(2)19-17(18-11)23-10-16(21)20-14-8-13-5-3-4-6-15(13)22-9-14/h3-7,14H,8-10H2,1-2H3,(H,20,21)/t14-/m1/s1. The molecule has 1 aromatic carbocycles. The van der Waals surface area contributed by atoms with Crippen LogP contribution in [0.5, 0.6) is 5.75 Å². The fourth-order valence-corrected chi connectivity index (χ4v) is 3.34. The van der Waals surface area contributed by atoms with Crippen molar-refractivity contribution in [2.75, 3.05) is 12.4 Å². The molecule has 120 valence electrons. The molecule has 0 saturated carbocycles. The van der Waals surface area contributed by atoms with E-state index in [1.807, 2.05) is 44.2 Å². The highest BCUT2D eigenvalue weighted by atomic mass is 32.2. The molecule has 2 aromatic rings. The summed E-state index contributed by atoms with van der Waals surface area (Å²) in [6.07, 6.45) is 0.798. The van der Waals surface area contributed by atoms with Gasteiger partial charge in [0, 0.05) is 11.4 Å². The molecule has 23 heavy (non-hydrogen) atoms. The van der Waals surface area contributed by atoms with E-state index in [0.29, 0.717) is 17.5 Å². The Labute approximate surface area is 139 Å². The van der Waals surface area contributed by atoms with Gasteiger partial charge in [-0.2, -0.15) is 0 Å². The minimum Gasteiger partial charge on any atom is -0.491 e. The van der Waals surface area contributed by atoms with Crippen LogP contribution in [-0.4, -0.2) is 34.3 Å². The normalized spacial score (nSPS) is 16.3. The van der Waals surface area contributed by atoms with E-state index in [1.165, 1.54) is 11.8 Å². The number of nitrogens with zero attached hydrogens (tertiary/aromatic N) is 2. The van der Waals surface area contributed by atoms with Crippen LogP contribution in [0.4, 0.5) is 0 Å². The van der Waals surface area contributed by atoms with Crippen LogP contribution in [0.3, 0.4) is 0 Å². The molecule has 6 heteroatoms. The number of rotatable bonds is 4. The van der Waals surface area contributed by atoms with Crippen LogP contribution >= 0.6 is 11.8 Å². The third-order valence-corrected chi connectivity index (χ3v) is 4.39. The second kappa shape index (κ2) is 7.00. The Hall–Kier alpha value is -2.08. The molecule has 1 N–H and O–H groups in total. The first-order valence-corrected chi connectivity index (χ1v) is 8.54. The number of hydrogen-bond acceptors (Lipinski definition) is 5. The summed E-state index contributed by atoms with van der Waals surface area (Å²) < 4.78 is 5.68. The quantitative estimate of drug-likeness (QED) is 0.689. The lowest BCUT2D eigenvalue weighted by Gasteiger charge is -2.25. The number of carbonyl (C=O) groups excluding carboxylic acids is 1. The van der Waals surface area contributed by atoms with Gasteiger partial charge in [-0.25, -0.2) is 9.97 Å². The fraction of sp³-hybridized carbons (Fsp3) is 0.353. The van der Waals surface area contributed by atoms with Crippen molar-refractivity contribution in [1.82, 2.24) is 15.3 Å². The number of amides is 1. The van der Waals surface area contributed by atoms with E-state index in [0.717, 1.165) is 29.1 Å². The van der Waals surface area contributed by atoms with Crippen LogP contribution in [0.15, 0.2) is 35.5 Å². The minimum absolute atomic E-state index is 0.0122. The summed E-state index contributed by atoms with van der Waals surface area (Å²) in [5.74, 6) is 1.20. The number of para-hydroxylation sites is 1. The smallest absolute Gasteiger partial charge is 0.230 e. The van der Waals surface area contributed by atoms with Crippen molar-refractivity contribution in [3.63, 3.8) is 0 Å². The molecule has 1 atom stereocenters. The van der Waals surface area contributed by atoms with Gasteiger partial charge in [0.15, 0.2) is 5.16 Å². The van der Waals surface area contributed by atoms with Crippen molar-refractivity contribution < 1.29 is 9.53 Å². The van der Waals surface area contributed by atoms with Gasteiger partial charge in [-0.3, -0.25) is 4.79 Å². The largest absolute Gasteiger partial charge is 0.491 e. The maximum Gasteiger partial charge on any atom is 0.230 e. The Balaban J connectivity index is 1.52. The number of benzene rings is 1. The summed E-state index contributed by atoms with van der Waals surface area (Å²) in [5, 5.41) is 3.66. The predicted molar refractivity (Wildman–Crippen MR) is 89.8 cm³/mol. The molecule has 0 saturated heterocycles. The molecule has 2 heterocycles. The lowest BCUT2D eigenvalue weighted by molar-refractivity contribution is -0.119. The average molecular weight is 329 g/mol. The number of fused-ring (bicyclic) bond motifs is 1. The molecule has 0 bridgehead atoms. The first-order valence-electron chi connectivity index (χ1n) is 7.55. The summed E-state index contributed by atoms with van der Waals surface area (Å²) in [7, 11) is 0. The highest BCUT2D eigenvalue weighted by Crippen LogP contribution is 2.24. The van der Waals surface area contributed by atoms with Crippen LogP contribution in [-0.2, 0) is 11.2 Å². The highest BCUT2D eigenvalue weighted by molar-refractivity contribution is 7.99. The predicted octanol–water partition coefficient (Wildman–Crippen LogP) is 2.31. The first kappa shape index (κ1) is 15.8. The number of aromatic nitrogens is 2. The van der Waals surface area contributed by atoms with E-state index in [4.69, 9.17) is 4.74 Å². The summed E-state index contributed by atoms with van der Waals surface area (Å²) >= 11 is 1.36. The Bertz CT molecular complexity index is 700. The molecule has 5 nitrogen and oxygen atoms in total. The molecule has 3 rings (SSSR count). The summed E-state index contributed by atoms with van der Waals surface area (Å²) in [5.41, 5.74) is 2.96. The molecular weight excluding hydrogens is 310 g/mol. The van der Waals surface area contributed by atoms with E-state index >= 15 is 0 Å². The Morgan fingerprint density at radius 3 is 2.83 bits per heavy atom. The molecule has 1 aliphatic rings. The number of thioether (sulfide) groups is 1. The van der Waals surface area contributed by atoms with Crippen molar-refractivity contribution in [2.24, 2.45) is 0 Å². The van der Waals surface area contributed by atoms with Gasteiger partial charge in [0.2, 0.25) is 5.91 Å². The SMILES string of the molecule is Cc1cc(C)nc(SCC(=O)N[C@H]2COc3ccccc3C2)n1. The molecule has 0 radical (unpaired) electrons. The number of aryl methyl sites for hydroxylation is 2. The molecule has 1 amide bonds. The summed E-state index contributed by atoms with van der Waals surface area (Å²) in [4.78, 5) is 20.8. The highest BCUT2D eigenvalue weighted by Gasteiger charge is 2.21. The Morgan fingerprint density at radius 1 is 1.30 bits per heavy atom. The van der Waals surface area contributed by atoms with E-state index in [1.54, 1.807) is 0 Å². The van der Waals surface area contributed by atoms with Crippen LogP contribution in [0.2, 0.25) is 0 Å². The Morgan fingerprint density at radius 2 is 2.04 bits per heavy atom. The van der Waals surface area contributed by atoms with Crippen LogP contribution in [0.25, 0.3) is 0 Å². The third kappa shape index (κ3) is 4.22. The molecule has 0 fully saturated rings. The van der Waals surface area contributed by atoms with E-state index in [2.05, 4.69) is 15.3 Å². The van der Waals surface area contributed by atoms with Gasteiger partial charge in [0.25, 0.3) is 0 Å². The molecule has 0 unspecified atom stereocenters. The molecule has 0 spiro atoms. The lowest BCUT2D eigenvalue weighted by atomic mass is 10.0. The third-order valence-electron chi connectivity index (χ3n) is 3.54. The summed E-state index contributed by atoms with van der Waals surface area (Å²) in [6.45, 7) is 4.36.